The van der Waals surface area contributed by atoms with Crippen molar-refractivity contribution >= 4 is 23.6 Å². The minimum atomic E-state index is -2.89. The van der Waals surface area contributed by atoms with Crippen LogP contribution in [0.3, 0.4) is 0 Å². The van der Waals surface area contributed by atoms with Crippen molar-refractivity contribution < 1.29 is 27.8 Å². The third kappa shape index (κ3) is 5.40. The van der Waals surface area contributed by atoms with E-state index in [9.17, 15) is 18.4 Å². The summed E-state index contributed by atoms with van der Waals surface area (Å²) in [6.45, 7) is -0.764. The third-order valence-corrected chi connectivity index (χ3v) is 4.53. The fraction of sp³-hybridized carbons (Fsp3) is 0.273. The Labute approximate surface area is 167 Å². The van der Waals surface area contributed by atoms with Gasteiger partial charge in [-0.3, -0.25) is 4.79 Å². The van der Waals surface area contributed by atoms with Crippen LogP contribution in [0, 0.1) is 0 Å². The molecular weight excluding hydrogens is 380 g/mol. The Hall–Kier alpha value is -3.22. The zero-order valence-corrected chi connectivity index (χ0v) is 15.9. The number of para-hydroxylation sites is 1. The number of carbonyl (C=O) groups is 2. The Kier molecular flexibility index (Phi) is 6.59. The molecule has 7 heteroatoms. The van der Waals surface area contributed by atoms with E-state index < -0.39 is 18.7 Å². The molecule has 0 N–H and O–H groups in total. The molecule has 2 aromatic carbocycles. The predicted molar refractivity (Wildman–Crippen MR) is 105 cm³/mol. The Morgan fingerprint density at radius 1 is 1.10 bits per heavy atom. The predicted octanol–water partition coefficient (Wildman–Crippen LogP) is 4.21. The maximum atomic E-state index is 12.7. The maximum Gasteiger partial charge on any atom is 0.387 e. The number of anilines is 1. The molecule has 0 radical (unpaired) electrons. The standard InChI is InChI=1S/C22H21F2NO4/c1-15(21(27)25-14-4-6-17-5-2-3-7-19(17)25)28-20(26)13-10-16-8-11-18(12-9-16)29-22(23)24/h2-3,5,7-13,15,22H,4,6,14H2,1H3/b13-10+. The van der Waals surface area contributed by atoms with E-state index >= 15 is 0 Å². The molecule has 1 heterocycles. The first-order valence-corrected chi connectivity index (χ1v) is 9.27. The van der Waals surface area contributed by atoms with Crippen molar-refractivity contribution in [1.29, 1.82) is 0 Å². The first-order valence-electron chi connectivity index (χ1n) is 9.27. The zero-order chi connectivity index (χ0) is 20.8. The van der Waals surface area contributed by atoms with E-state index in [2.05, 4.69) is 4.74 Å². The molecule has 0 spiro atoms. The van der Waals surface area contributed by atoms with Gasteiger partial charge in [-0.1, -0.05) is 30.3 Å². The molecule has 1 aliphatic heterocycles. The van der Waals surface area contributed by atoms with Crippen LogP contribution in [0.4, 0.5) is 14.5 Å². The number of halogens is 2. The molecule has 0 saturated carbocycles. The molecule has 1 unspecified atom stereocenters. The van der Waals surface area contributed by atoms with Crippen LogP contribution in [0.2, 0.25) is 0 Å². The maximum absolute atomic E-state index is 12.7. The van der Waals surface area contributed by atoms with Gasteiger partial charge in [-0.15, -0.1) is 0 Å². The molecule has 1 amide bonds. The summed E-state index contributed by atoms with van der Waals surface area (Å²) < 4.78 is 33.8. The van der Waals surface area contributed by atoms with Crippen molar-refractivity contribution in [2.24, 2.45) is 0 Å². The van der Waals surface area contributed by atoms with Crippen molar-refractivity contribution in [1.82, 2.24) is 0 Å². The number of amides is 1. The molecule has 0 fully saturated rings. The lowest BCUT2D eigenvalue weighted by molar-refractivity contribution is -0.149. The third-order valence-electron chi connectivity index (χ3n) is 4.53. The number of ether oxygens (including phenoxy) is 2. The second kappa shape index (κ2) is 9.32. The van der Waals surface area contributed by atoms with Crippen LogP contribution < -0.4 is 9.64 Å². The van der Waals surface area contributed by atoms with Crippen LogP contribution in [0.15, 0.2) is 54.6 Å². The summed E-state index contributed by atoms with van der Waals surface area (Å²) in [6.07, 6.45) is 3.51. The Morgan fingerprint density at radius 3 is 2.55 bits per heavy atom. The van der Waals surface area contributed by atoms with Gasteiger partial charge in [0, 0.05) is 18.3 Å². The van der Waals surface area contributed by atoms with E-state index in [-0.39, 0.29) is 11.7 Å². The zero-order valence-electron chi connectivity index (χ0n) is 15.9. The number of fused-ring (bicyclic) bond motifs is 1. The van der Waals surface area contributed by atoms with Crippen LogP contribution in [-0.2, 0) is 20.7 Å². The second-order valence-electron chi connectivity index (χ2n) is 6.58. The first kappa shape index (κ1) is 20.5. The van der Waals surface area contributed by atoms with Gasteiger partial charge in [-0.05, 0) is 55.2 Å². The summed E-state index contributed by atoms with van der Waals surface area (Å²) in [5, 5.41) is 0. The molecular formula is C22H21F2NO4. The summed E-state index contributed by atoms with van der Waals surface area (Å²) in [5.41, 5.74) is 2.56. The Morgan fingerprint density at radius 2 is 1.83 bits per heavy atom. The Balaban J connectivity index is 1.58. The Bertz CT molecular complexity index is 896. The van der Waals surface area contributed by atoms with E-state index in [1.165, 1.54) is 36.4 Å². The van der Waals surface area contributed by atoms with Crippen molar-refractivity contribution in [2.75, 3.05) is 11.4 Å². The highest BCUT2D eigenvalue weighted by molar-refractivity contribution is 5.99. The van der Waals surface area contributed by atoms with Gasteiger partial charge in [0.2, 0.25) is 0 Å². The fourth-order valence-electron chi connectivity index (χ4n) is 3.17. The molecule has 5 nitrogen and oxygen atoms in total. The number of esters is 1. The largest absolute Gasteiger partial charge is 0.449 e. The number of alkyl halides is 2. The highest BCUT2D eigenvalue weighted by atomic mass is 19.3. The molecule has 3 rings (SSSR count). The van der Waals surface area contributed by atoms with Gasteiger partial charge in [0.15, 0.2) is 6.10 Å². The monoisotopic (exact) mass is 401 g/mol. The minimum Gasteiger partial charge on any atom is -0.449 e. The number of rotatable bonds is 6. The van der Waals surface area contributed by atoms with Crippen molar-refractivity contribution in [3.05, 3.63) is 65.7 Å². The minimum absolute atomic E-state index is 0.0285. The highest BCUT2D eigenvalue weighted by Crippen LogP contribution is 2.27. The number of benzene rings is 2. The summed E-state index contributed by atoms with van der Waals surface area (Å²) in [5.74, 6) is -0.905. The van der Waals surface area contributed by atoms with Gasteiger partial charge in [0.25, 0.3) is 5.91 Å². The first-order chi connectivity index (χ1) is 13.9. The fourth-order valence-corrected chi connectivity index (χ4v) is 3.17. The van der Waals surface area contributed by atoms with Crippen molar-refractivity contribution in [3.63, 3.8) is 0 Å². The van der Waals surface area contributed by atoms with Crippen molar-refractivity contribution in [3.8, 4) is 5.75 Å². The van der Waals surface area contributed by atoms with Crippen molar-refractivity contribution in [2.45, 2.75) is 32.5 Å². The summed E-state index contributed by atoms with van der Waals surface area (Å²) in [7, 11) is 0. The lowest BCUT2D eigenvalue weighted by atomic mass is 10.0. The number of hydrogen-bond donors (Lipinski definition) is 0. The molecule has 1 atom stereocenters. The SMILES string of the molecule is CC(OC(=O)/C=C/c1ccc(OC(F)F)cc1)C(=O)N1CCCc2ccccc21. The van der Waals surface area contributed by atoms with E-state index in [4.69, 9.17) is 4.74 Å². The van der Waals surface area contributed by atoms with Gasteiger partial charge in [0.05, 0.1) is 0 Å². The quantitative estimate of drug-likeness (QED) is 0.537. The van der Waals surface area contributed by atoms with Gasteiger partial charge in [-0.25, -0.2) is 4.79 Å². The molecule has 0 aromatic heterocycles. The smallest absolute Gasteiger partial charge is 0.387 e. The van der Waals surface area contributed by atoms with Crippen LogP contribution in [0.25, 0.3) is 6.08 Å². The summed E-state index contributed by atoms with van der Waals surface area (Å²) in [4.78, 5) is 26.5. The van der Waals surface area contributed by atoms with E-state index in [0.717, 1.165) is 24.1 Å². The van der Waals surface area contributed by atoms with Crippen LogP contribution in [0.5, 0.6) is 5.75 Å². The van der Waals surface area contributed by atoms with E-state index in [1.54, 1.807) is 11.8 Å². The lowest BCUT2D eigenvalue weighted by Gasteiger charge is -2.31. The molecule has 0 saturated heterocycles. The van der Waals surface area contributed by atoms with Gasteiger partial charge in [0.1, 0.15) is 5.75 Å². The highest BCUT2D eigenvalue weighted by Gasteiger charge is 2.27. The van der Waals surface area contributed by atoms with Gasteiger partial charge >= 0.3 is 12.6 Å². The lowest BCUT2D eigenvalue weighted by Crippen LogP contribution is -2.42. The molecule has 1 aliphatic rings. The molecule has 0 bridgehead atoms. The van der Waals surface area contributed by atoms with Crippen LogP contribution in [0.1, 0.15) is 24.5 Å². The average Bonchev–Trinajstić information content (AvgIpc) is 2.72. The normalized spacial score (nSPS) is 14.6. The molecule has 29 heavy (non-hydrogen) atoms. The topological polar surface area (TPSA) is 55.8 Å². The van der Waals surface area contributed by atoms with Crippen LogP contribution in [-0.4, -0.2) is 31.1 Å². The summed E-state index contributed by atoms with van der Waals surface area (Å²) >= 11 is 0. The van der Waals surface area contributed by atoms with Gasteiger partial charge < -0.3 is 14.4 Å². The number of aryl methyl sites for hydroxylation is 1. The number of carbonyl (C=O) groups excluding carboxylic acids is 2. The van der Waals surface area contributed by atoms with Gasteiger partial charge in [-0.2, -0.15) is 8.78 Å². The number of hydrogen-bond acceptors (Lipinski definition) is 4. The number of nitrogens with zero attached hydrogens (tertiary/aromatic N) is 1. The molecule has 152 valence electrons. The van der Waals surface area contributed by atoms with Crippen LogP contribution >= 0.6 is 0 Å². The average molecular weight is 401 g/mol. The molecule has 0 aliphatic carbocycles. The summed E-state index contributed by atoms with van der Waals surface area (Å²) in [6, 6.07) is 13.5. The molecule has 2 aromatic rings. The van der Waals surface area contributed by atoms with E-state index in [0.29, 0.717) is 12.1 Å². The van der Waals surface area contributed by atoms with E-state index in [1.807, 2.05) is 24.3 Å². The second-order valence-corrected chi connectivity index (χ2v) is 6.58.